The van der Waals surface area contributed by atoms with Crippen LogP contribution in [0.15, 0.2) is 18.2 Å². The molecule has 0 heterocycles. The van der Waals surface area contributed by atoms with Crippen LogP contribution in [0.1, 0.15) is 6.92 Å². The Morgan fingerprint density at radius 1 is 1.22 bits per heavy atom. The number of hydrogen-bond donors (Lipinski definition) is 2. The third-order valence-corrected chi connectivity index (χ3v) is 2.43. The Labute approximate surface area is 108 Å². The summed E-state index contributed by atoms with van der Waals surface area (Å²) >= 11 is 0. The molecular weight excluding hydrogens is 234 g/mol. The summed E-state index contributed by atoms with van der Waals surface area (Å²) in [7, 11) is 3.13. The minimum absolute atomic E-state index is 0.184. The molecule has 0 amide bonds. The van der Waals surface area contributed by atoms with Gasteiger partial charge in [0, 0.05) is 6.54 Å². The summed E-state index contributed by atoms with van der Waals surface area (Å²) in [5, 5.41) is 12.7. The maximum Gasteiger partial charge on any atom is 0.203 e. The van der Waals surface area contributed by atoms with E-state index >= 15 is 0 Å². The van der Waals surface area contributed by atoms with Crippen molar-refractivity contribution in [2.45, 2.75) is 13.0 Å². The van der Waals surface area contributed by atoms with Crippen molar-refractivity contribution in [2.75, 3.05) is 33.9 Å². The van der Waals surface area contributed by atoms with E-state index in [1.54, 1.807) is 26.4 Å². The van der Waals surface area contributed by atoms with E-state index in [0.29, 0.717) is 23.8 Å². The highest BCUT2D eigenvalue weighted by atomic mass is 16.5. The molecule has 0 radical (unpaired) electrons. The second-order valence-corrected chi connectivity index (χ2v) is 3.76. The lowest BCUT2D eigenvalue weighted by molar-refractivity contribution is 0.103. The number of ether oxygens (including phenoxy) is 3. The molecule has 1 rings (SSSR count). The van der Waals surface area contributed by atoms with Crippen LogP contribution in [-0.4, -0.2) is 45.1 Å². The van der Waals surface area contributed by atoms with Crippen molar-refractivity contribution >= 4 is 0 Å². The van der Waals surface area contributed by atoms with Crippen molar-refractivity contribution in [1.29, 1.82) is 0 Å². The molecule has 5 heteroatoms. The van der Waals surface area contributed by atoms with Crippen molar-refractivity contribution in [1.82, 2.24) is 5.32 Å². The molecule has 0 aliphatic rings. The van der Waals surface area contributed by atoms with E-state index in [2.05, 4.69) is 5.32 Å². The minimum atomic E-state index is -0.570. The smallest absolute Gasteiger partial charge is 0.203 e. The van der Waals surface area contributed by atoms with Crippen LogP contribution in [0.5, 0.6) is 17.2 Å². The molecule has 0 aliphatic carbocycles. The second kappa shape index (κ2) is 7.79. The van der Waals surface area contributed by atoms with Crippen LogP contribution in [0.4, 0.5) is 0 Å². The fraction of sp³-hybridized carbons (Fsp3) is 0.538. The van der Waals surface area contributed by atoms with Gasteiger partial charge in [-0.2, -0.15) is 0 Å². The van der Waals surface area contributed by atoms with Gasteiger partial charge in [-0.1, -0.05) is 13.0 Å². The Morgan fingerprint density at radius 2 is 1.83 bits per heavy atom. The van der Waals surface area contributed by atoms with E-state index in [0.717, 1.165) is 6.54 Å². The Morgan fingerprint density at radius 3 is 2.33 bits per heavy atom. The zero-order chi connectivity index (χ0) is 13.4. The Bertz CT molecular complexity index is 335. The van der Waals surface area contributed by atoms with Gasteiger partial charge in [0.1, 0.15) is 12.7 Å². The lowest BCUT2D eigenvalue weighted by Crippen LogP contribution is -2.31. The molecule has 1 atom stereocenters. The third-order valence-electron chi connectivity index (χ3n) is 2.43. The summed E-state index contributed by atoms with van der Waals surface area (Å²) in [6.45, 7) is 3.48. The summed E-state index contributed by atoms with van der Waals surface area (Å²) in [6.07, 6.45) is -0.570. The Hall–Kier alpha value is -1.46. The fourth-order valence-electron chi connectivity index (χ4n) is 1.51. The summed E-state index contributed by atoms with van der Waals surface area (Å²) in [4.78, 5) is 0. The number of aliphatic hydroxyl groups excluding tert-OH is 1. The standard InChI is InChI=1S/C13H21NO4/c1-4-14-8-10(15)9-18-13-11(16-2)6-5-7-12(13)17-3/h5-7,10,14-15H,4,8-9H2,1-3H3. The average Bonchev–Trinajstić information content (AvgIpc) is 2.42. The molecule has 1 aromatic rings. The predicted octanol–water partition coefficient (Wildman–Crippen LogP) is 1.05. The van der Waals surface area contributed by atoms with Gasteiger partial charge in [0.05, 0.1) is 14.2 Å². The van der Waals surface area contributed by atoms with Crippen LogP contribution in [0.25, 0.3) is 0 Å². The molecule has 1 aromatic carbocycles. The first-order valence-electron chi connectivity index (χ1n) is 5.95. The number of nitrogens with one attached hydrogen (secondary N) is 1. The van der Waals surface area contributed by atoms with Gasteiger partial charge in [0.2, 0.25) is 5.75 Å². The van der Waals surface area contributed by atoms with Gasteiger partial charge in [0.25, 0.3) is 0 Å². The van der Waals surface area contributed by atoms with Crippen molar-refractivity contribution in [3.8, 4) is 17.2 Å². The summed E-state index contributed by atoms with van der Waals surface area (Å²) < 4.78 is 16.0. The quantitative estimate of drug-likeness (QED) is 0.727. The zero-order valence-electron chi connectivity index (χ0n) is 11.1. The number of hydrogen-bond acceptors (Lipinski definition) is 5. The normalized spacial score (nSPS) is 12.0. The van der Waals surface area contributed by atoms with Gasteiger partial charge < -0.3 is 24.6 Å². The molecule has 2 N–H and O–H groups in total. The van der Waals surface area contributed by atoms with Crippen LogP contribution < -0.4 is 19.5 Å². The largest absolute Gasteiger partial charge is 0.493 e. The summed E-state index contributed by atoms with van der Waals surface area (Å²) in [5.74, 6) is 1.69. The van der Waals surface area contributed by atoms with Crippen LogP contribution >= 0.6 is 0 Å². The molecule has 102 valence electrons. The molecule has 0 aromatic heterocycles. The Kier molecular flexibility index (Phi) is 6.32. The van der Waals surface area contributed by atoms with Crippen molar-refractivity contribution < 1.29 is 19.3 Å². The molecule has 1 unspecified atom stereocenters. The zero-order valence-corrected chi connectivity index (χ0v) is 11.1. The highest BCUT2D eigenvalue weighted by molar-refractivity contribution is 5.51. The van der Waals surface area contributed by atoms with Crippen molar-refractivity contribution in [3.05, 3.63) is 18.2 Å². The highest BCUT2D eigenvalue weighted by Gasteiger charge is 2.13. The lowest BCUT2D eigenvalue weighted by atomic mass is 10.3. The van der Waals surface area contributed by atoms with E-state index in [-0.39, 0.29) is 6.61 Å². The molecular formula is C13H21NO4. The van der Waals surface area contributed by atoms with Crippen LogP contribution in [0, 0.1) is 0 Å². The van der Waals surface area contributed by atoms with Crippen LogP contribution in [0.3, 0.4) is 0 Å². The van der Waals surface area contributed by atoms with Crippen LogP contribution in [-0.2, 0) is 0 Å². The number of rotatable bonds is 8. The molecule has 0 saturated heterocycles. The van der Waals surface area contributed by atoms with E-state index in [1.807, 2.05) is 13.0 Å². The van der Waals surface area contributed by atoms with E-state index in [1.165, 1.54) is 0 Å². The van der Waals surface area contributed by atoms with E-state index in [4.69, 9.17) is 14.2 Å². The number of benzene rings is 1. The molecule has 0 aliphatic heterocycles. The van der Waals surface area contributed by atoms with E-state index in [9.17, 15) is 5.11 Å². The van der Waals surface area contributed by atoms with Gasteiger partial charge in [-0.05, 0) is 18.7 Å². The third kappa shape index (κ3) is 4.09. The number of likely N-dealkylation sites (N-methyl/N-ethyl adjacent to an activating group) is 1. The molecule has 18 heavy (non-hydrogen) atoms. The van der Waals surface area contributed by atoms with Gasteiger partial charge in [-0.3, -0.25) is 0 Å². The van der Waals surface area contributed by atoms with E-state index < -0.39 is 6.10 Å². The molecule has 0 fully saturated rings. The maximum atomic E-state index is 9.70. The number of methoxy groups -OCH3 is 2. The van der Waals surface area contributed by atoms with Gasteiger partial charge in [-0.25, -0.2) is 0 Å². The first-order valence-corrected chi connectivity index (χ1v) is 5.95. The van der Waals surface area contributed by atoms with Crippen molar-refractivity contribution in [2.24, 2.45) is 0 Å². The minimum Gasteiger partial charge on any atom is -0.493 e. The second-order valence-electron chi connectivity index (χ2n) is 3.76. The summed E-state index contributed by atoms with van der Waals surface area (Å²) in [6, 6.07) is 5.39. The molecule has 0 bridgehead atoms. The molecule has 0 spiro atoms. The predicted molar refractivity (Wildman–Crippen MR) is 69.6 cm³/mol. The van der Waals surface area contributed by atoms with Crippen LogP contribution in [0.2, 0.25) is 0 Å². The first-order chi connectivity index (χ1) is 8.72. The fourth-order valence-corrected chi connectivity index (χ4v) is 1.51. The Balaban J connectivity index is 2.65. The first kappa shape index (κ1) is 14.6. The summed E-state index contributed by atoms with van der Waals surface area (Å²) in [5.41, 5.74) is 0. The number of para-hydroxylation sites is 1. The SMILES string of the molecule is CCNCC(O)COc1c(OC)cccc1OC. The highest BCUT2D eigenvalue weighted by Crippen LogP contribution is 2.36. The topological polar surface area (TPSA) is 60.0 Å². The molecule has 5 nitrogen and oxygen atoms in total. The maximum absolute atomic E-state index is 9.70. The van der Waals surface area contributed by atoms with Gasteiger partial charge >= 0.3 is 0 Å². The van der Waals surface area contributed by atoms with Gasteiger partial charge in [-0.15, -0.1) is 0 Å². The van der Waals surface area contributed by atoms with Crippen molar-refractivity contribution in [3.63, 3.8) is 0 Å². The van der Waals surface area contributed by atoms with Gasteiger partial charge in [0.15, 0.2) is 11.5 Å². The monoisotopic (exact) mass is 255 g/mol. The lowest BCUT2D eigenvalue weighted by Gasteiger charge is -2.16. The molecule has 0 saturated carbocycles. The average molecular weight is 255 g/mol. The number of aliphatic hydroxyl groups is 1.